The third kappa shape index (κ3) is 3.77. The monoisotopic (exact) mass is 360 g/mol. The summed E-state index contributed by atoms with van der Waals surface area (Å²) in [7, 11) is 0. The van der Waals surface area contributed by atoms with Crippen molar-refractivity contribution in [2.45, 2.75) is 44.1 Å². The minimum Gasteiger partial charge on any atom is -0.489 e. The SMILES string of the molecule is N#CC1CC(C#N)(c2ccc(OC(F)F)c(OCC3CC3)c2)CCC1=O. The maximum Gasteiger partial charge on any atom is 0.387 e. The lowest BCUT2D eigenvalue weighted by Crippen LogP contribution is -2.36. The Bertz CT molecular complexity index is 780. The molecule has 2 aliphatic carbocycles. The van der Waals surface area contributed by atoms with E-state index < -0.39 is 17.9 Å². The maximum absolute atomic E-state index is 12.6. The summed E-state index contributed by atoms with van der Waals surface area (Å²) in [4.78, 5) is 11.8. The second-order valence-electron chi connectivity index (χ2n) is 6.84. The second kappa shape index (κ2) is 7.29. The number of carbonyl (C=O) groups is 1. The van der Waals surface area contributed by atoms with E-state index in [2.05, 4.69) is 10.8 Å². The topological polar surface area (TPSA) is 83.1 Å². The molecule has 136 valence electrons. The fraction of sp³-hybridized carbons (Fsp3) is 0.526. The molecule has 0 aromatic heterocycles. The summed E-state index contributed by atoms with van der Waals surface area (Å²) < 4.78 is 35.5. The molecule has 2 saturated carbocycles. The molecule has 2 fully saturated rings. The molecule has 0 heterocycles. The van der Waals surface area contributed by atoms with Crippen LogP contribution in [0, 0.1) is 34.5 Å². The Kier molecular flexibility index (Phi) is 5.08. The molecule has 0 amide bonds. The molecular formula is C19H18F2N2O3. The van der Waals surface area contributed by atoms with Gasteiger partial charge >= 0.3 is 6.61 Å². The lowest BCUT2D eigenvalue weighted by Gasteiger charge is -2.33. The molecule has 0 N–H and O–H groups in total. The number of Topliss-reactive ketones (excluding diaryl/α,β-unsaturated/α-hetero) is 1. The molecule has 0 saturated heterocycles. The first kappa shape index (κ1) is 18.1. The molecule has 2 unspecified atom stereocenters. The van der Waals surface area contributed by atoms with Crippen molar-refractivity contribution in [3.05, 3.63) is 23.8 Å². The summed E-state index contributed by atoms with van der Waals surface area (Å²) in [5.74, 6) is -0.508. The van der Waals surface area contributed by atoms with Gasteiger partial charge in [-0.25, -0.2) is 0 Å². The highest BCUT2D eigenvalue weighted by molar-refractivity contribution is 5.84. The van der Waals surface area contributed by atoms with Crippen molar-refractivity contribution in [2.24, 2.45) is 11.8 Å². The van der Waals surface area contributed by atoms with Gasteiger partial charge in [-0.2, -0.15) is 19.3 Å². The molecule has 0 aliphatic heterocycles. The second-order valence-corrected chi connectivity index (χ2v) is 6.84. The summed E-state index contributed by atoms with van der Waals surface area (Å²) >= 11 is 0. The van der Waals surface area contributed by atoms with Gasteiger partial charge in [0.25, 0.3) is 0 Å². The largest absolute Gasteiger partial charge is 0.489 e. The van der Waals surface area contributed by atoms with E-state index in [-0.39, 0.29) is 36.5 Å². The number of ketones is 1. The van der Waals surface area contributed by atoms with Crippen molar-refractivity contribution >= 4 is 5.78 Å². The van der Waals surface area contributed by atoms with Crippen LogP contribution in [-0.4, -0.2) is 19.0 Å². The Balaban J connectivity index is 1.92. The number of carbonyl (C=O) groups excluding carboxylic acids is 1. The third-order valence-electron chi connectivity index (χ3n) is 4.99. The van der Waals surface area contributed by atoms with Crippen LogP contribution in [0.15, 0.2) is 18.2 Å². The van der Waals surface area contributed by atoms with Crippen LogP contribution in [-0.2, 0) is 10.2 Å². The average Bonchev–Trinajstić information content (AvgIpc) is 3.45. The molecular weight excluding hydrogens is 342 g/mol. The predicted molar refractivity (Wildman–Crippen MR) is 86.5 cm³/mol. The van der Waals surface area contributed by atoms with Crippen molar-refractivity contribution in [3.8, 4) is 23.6 Å². The molecule has 1 aromatic rings. The molecule has 3 rings (SSSR count). The van der Waals surface area contributed by atoms with Crippen LogP contribution in [0.25, 0.3) is 0 Å². The number of benzene rings is 1. The molecule has 2 atom stereocenters. The van der Waals surface area contributed by atoms with Crippen molar-refractivity contribution < 1.29 is 23.0 Å². The van der Waals surface area contributed by atoms with Crippen LogP contribution in [0.3, 0.4) is 0 Å². The molecule has 0 radical (unpaired) electrons. The highest BCUT2D eigenvalue weighted by Crippen LogP contribution is 2.43. The van der Waals surface area contributed by atoms with Gasteiger partial charge in [-0.15, -0.1) is 0 Å². The summed E-state index contributed by atoms with van der Waals surface area (Å²) in [6, 6.07) is 8.63. The molecule has 5 nitrogen and oxygen atoms in total. The summed E-state index contributed by atoms with van der Waals surface area (Å²) in [6.07, 6.45) is 2.60. The van der Waals surface area contributed by atoms with Crippen LogP contribution in [0.2, 0.25) is 0 Å². The van der Waals surface area contributed by atoms with Crippen LogP contribution in [0.5, 0.6) is 11.5 Å². The van der Waals surface area contributed by atoms with Gasteiger partial charge in [0.05, 0.1) is 24.2 Å². The third-order valence-corrected chi connectivity index (χ3v) is 4.99. The molecule has 26 heavy (non-hydrogen) atoms. The molecule has 0 spiro atoms. The van der Waals surface area contributed by atoms with Gasteiger partial charge in [0.1, 0.15) is 11.7 Å². The Labute approximate surface area is 150 Å². The number of hydrogen-bond acceptors (Lipinski definition) is 5. The lowest BCUT2D eigenvalue weighted by molar-refractivity contribution is -0.123. The van der Waals surface area contributed by atoms with Crippen molar-refractivity contribution in [2.75, 3.05) is 6.61 Å². The van der Waals surface area contributed by atoms with Crippen molar-refractivity contribution in [3.63, 3.8) is 0 Å². The van der Waals surface area contributed by atoms with Crippen LogP contribution >= 0.6 is 0 Å². The van der Waals surface area contributed by atoms with Crippen molar-refractivity contribution in [1.82, 2.24) is 0 Å². The van der Waals surface area contributed by atoms with Gasteiger partial charge in [-0.3, -0.25) is 4.79 Å². The number of nitrogens with zero attached hydrogens (tertiary/aromatic N) is 2. The van der Waals surface area contributed by atoms with E-state index in [0.717, 1.165) is 12.8 Å². The lowest BCUT2D eigenvalue weighted by atomic mass is 9.66. The standard InChI is InChI=1S/C19H18F2N2O3/c20-18(21)26-16-4-3-14(7-17(16)25-10-12-1-2-12)19(11-23)6-5-15(24)13(8-19)9-22/h3-4,7,12-13,18H,1-2,5-6,8,10H2. The Morgan fingerprint density at radius 3 is 2.65 bits per heavy atom. The van der Waals surface area contributed by atoms with Crippen LogP contribution in [0.1, 0.15) is 37.7 Å². The quantitative estimate of drug-likeness (QED) is 0.772. The van der Waals surface area contributed by atoms with E-state index in [4.69, 9.17) is 4.74 Å². The van der Waals surface area contributed by atoms with Crippen LogP contribution in [0.4, 0.5) is 8.78 Å². The van der Waals surface area contributed by atoms with Crippen molar-refractivity contribution in [1.29, 1.82) is 10.5 Å². The minimum absolute atomic E-state index is 0.0822. The highest BCUT2D eigenvalue weighted by atomic mass is 19.3. The van der Waals surface area contributed by atoms with E-state index in [0.29, 0.717) is 18.1 Å². The summed E-state index contributed by atoms with van der Waals surface area (Å²) in [6.45, 7) is -2.58. The zero-order chi connectivity index (χ0) is 18.7. The first-order chi connectivity index (χ1) is 12.5. The van der Waals surface area contributed by atoms with E-state index in [1.54, 1.807) is 0 Å². The smallest absolute Gasteiger partial charge is 0.387 e. The maximum atomic E-state index is 12.6. The van der Waals surface area contributed by atoms with E-state index in [1.807, 2.05) is 6.07 Å². The number of alkyl halides is 2. The number of rotatable bonds is 6. The molecule has 0 bridgehead atoms. The molecule has 7 heteroatoms. The Morgan fingerprint density at radius 2 is 2.04 bits per heavy atom. The number of halogens is 2. The Hall–Kier alpha value is -2.67. The van der Waals surface area contributed by atoms with E-state index in [1.165, 1.54) is 18.2 Å². The van der Waals surface area contributed by atoms with Crippen LogP contribution < -0.4 is 9.47 Å². The number of ether oxygens (including phenoxy) is 2. The average molecular weight is 360 g/mol. The molecule has 2 aliphatic rings. The Morgan fingerprint density at radius 1 is 1.27 bits per heavy atom. The van der Waals surface area contributed by atoms with Gasteiger partial charge < -0.3 is 9.47 Å². The fourth-order valence-electron chi connectivity index (χ4n) is 3.23. The summed E-state index contributed by atoms with van der Waals surface area (Å²) in [5.41, 5.74) is -0.463. The van der Waals surface area contributed by atoms with Gasteiger partial charge in [0.2, 0.25) is 0 Å². The van der Waals surface area contributed by atoms with Gasteiger partial charge in [-0.1, -0.05) is 6.07 Å². The molecule has 1 aromatic carbocycles. The predicted octanol–water partition coefficient (Wildman–Crippen LogP) is 3.73. The minimum atomic E-state index is -2.98. The zero-order valence-electron chi connectivity index (χ0n) is 14.1. The van der Waals surface area contributed by atoms with E-state index in [9.17, 15) is 24.1 Å². The zero-order valence-corrected chi connectivity index (χ0v) is 14.1. The first-order valence-electron chi connectivity index (χ1n) is 8.53. The van der Waals surface area contributed by atoms with Gasteiger partial charge in [0, 0.05) is 6.42 Å². The van der Waals surface area contributed by atoms with E-state index >= 15 is 0 Å². The summed E-state index contributed by atoms with van der Waals surface area (Å²) in [5, 5.41) is 18.9. The first-order valence-corrected chi connectivity index (χ1v) is 8.53. The number of hydrogen-bond donors (Lipinski definition) is 0. The highest BCUT2D eigenvalue weighted by Gasteiger charge is 2.42. The van der Waals surface area contributed by atoms with Gasteiger partial charge in [0.15, 0.2) is 11.5 Å². The van der Waals surface area contributed by atoms with Gasteiger partial charge in [-0.05, 0) is 49.3 Å². The fourth-order valence-corrected chi connectivity index (χ4v) is 3.23. The number of nitriles is 2. The normalized spacial score (nSPS) is 25.4.